The maximum Gasteiger partial charge on any atom is 0.125 e. The molecule has 1 N–H and O–H groups in total. The molecule has 10 atom stereocenters. The first-order valence-corrected chi connectivity index (χ1v) is 15.7. The second-order valence-corrected chi connectivity index (χ2v) is 18.0. The van der Waals surface area contributed by atoms with Gasteiger partial charge < -0.3 is 9.72 Å². The third kappa shape index (κ3) is 3.51. The maximum atomic E-state index is 6.01. The molecular formula is C24H44N2OSSi. The number of allylic oxidation sites excluding steroid dienone is 2. The number of ether oxygens (including phenoxy) is 1. The highest BCUT2D eigenvalue weighted by Crippen LogP contribution is 2.65. The van der Waals surface area contributed by atoms with Crippen LogP contribution in [-0.2, 0) is 4.74 Å². The number of rotatable bonds is 3. The molecule has 2 aliphatic heterocycles. The Hall–Kier alpha value is 0.187. The van der Waals surface area contributed by atoms with Gasteiger partial charge in [0.05, 0.1) is 6.10 Å². The molecule has 5 heteroatoms. The zero-order chi connectivity index (χ0) is 21.5. The van der Waals surface area contributed by atoms with Crippen LogP contribution in [0.2, 0.25) is 18.6 Å². The standard InChI is InChI=1S/C24H44N2OSSi/c1-13-11-16-18-17-12-14(2)28-22(17)23(29(9,10)25-24(4,5)6)20(18)26(7)19(16)15(3)21(13)27-8/h12-13,15-23,25H,11H2,1-10H3. The van der Waals surface area contributed by atoms with Gasteiger partial charge in [0.15, 0.2) is 0 Å². The van der Waals surface area contributed by atoms with E-state index in [1.54, 1.807) is 4.91 Å². The van der Waals surface area contributed by atoms with E-state index in [1.807, 2.05) is 7.11 Å². The molecule has 2 aliphatic carbocycles. The quantitative estimate of drug-likeness (QED) is 0.614. The van der Waals surface area contributed by atoms with Crippen LogP contribution >= 0.6 is 11.8 Å². The van der Waals surface area contributed by atoms with Crippen molar-refractivity contribution in [2.24, 2.45) is 29.6 Å². The van der Waals surface area contributed by atoms with Crippen LogP contribution in [0.25, 0.3) is 0 Å². The van der Waals surface area contributed by atoms with Gasteiger partial charge in [-0.2, -0.15) is 0 Å². The average molecular weight is 437 g/mol. The average Bonchev–Trinajstić information content (AvgIpc) is 3.14. The summed E-state index contributed by atoms with van der Waals surface area (Å²) in [5.74, 6) is 3.68. The predicted octanol–water partition coefficient (Wildman–Crippen LogP) is 5.20. The first-order chi connectivity index (χ1) is 13.4. The van der Waals surface area contributed by atoms with Crippen LogP contribution in [-0.4, -0.2) is 56.3 Å². The van der Waals surface area contributed by atoms with Crippen molar-refractivity contribution in [2.45, 2.75) is 95.6 Å². The first kappa shape index (κ1) is 22.4. The Morgan fingerprint density at radius 3 is 2.45 bits per heavy atom. The lowest BCUT2D eigenvalue weighted by Gasteiger charge is -2.47. The second-order valence-electron chi connectivity index (χ2n) is 12.2. The third-order valence-electron chi connectivity index (χ3n) is 8.63. The summed E-state index contributed by atoms with van der Waals surface area (Å²) in [5.41, 5.74) is 0.969. The molecule has 3 fully saturated rings. The highest BCUT2D eigenvalue weighted by atomic mass is 32.2. The van der Waals surface area contributed by atoms with Crippen molar-refractivity contribution in [1.82, 2.24) is 9.88 Å². The van der Waals surface area contributed by atoms with Crippen molar-refractivity contribution in [3.05, 3.63) is 11.0 Å². The summed E-state index contributed by atoms with van der Waals surface area (Å²) in [7, 11) is 2.73. The van der Waals surface area contributed by atoms with E-state index in [0.29, 0.717) is 24.0 Å². The van der Waals surface area contributed by atoms with Gasteiger partial charge in [-0.3, -0.25) is 4.90 Å². The first-order valence-electron chi connectivity index (χ1n) is 11.8. The van der Waals surface area contributed by atoms with Gasteiger partial charge in [0.1, 0.15) is 8.24 Å². The summed E-state index contributed by atoms with van der Waals surface area (Å²) >= 11 is 2.21. The van der Waals surface area contributed by atoms with Crippen LogP contribution in [0.5, 0.6) is 0 Å². The fraction of sp³-hybridized carbons (Fsp3) is 0.917. The minimum absolute atomic E-state index is 0.182. The van der Waals surface area contributed by atoms with Crippen LogP contribution in [0.4, 0.5) is 0 Å². The van der Waals surface area contributed by atoms with Crippen molar-refractivity contribution >= 4 is 20.0 Å². The van der Waals surface area contributed by atoms with Crippen LogP contribution in [0, 0.1) is 29.6 Å². The normalized spacial score (nSPS) is 47.7. The van der Waals surface area contributed by atoms with Gasteiger partial charge in [0.2, 0.25) is 0 Å². The second kappa shape index (κ2) is 7.36. The monoisotopic (exact) mass is 436 g/mol. The summed E-state index contributed by atoms with van der Waals surface area (Å²) < 4.78 is 6.01. The Balaban J connectivity index is 1.74. The highest BCUT2D eigenvalue weighted by Gasteiger charge is 2.67. The summed E-state index contributed by atoms with van der Waals surface area (Å²) in [6, 6.07) is 1.40. The molecular weight excluding hydrogens is 392 g/mol. The van der Waals surface area contributed by atoms with Crippen molar-refractivity contribution in [3.63, 3.8) is 0 Å². The van der Waals surface area contributed by atoms with E-state index in [-0.39, 0.29) is 5.54 Å². The third-order valence-corrected chi connectivity index (χ3v) is 14.0. The number of methoxy groups -OCH3 is 1. The maximum absolute atomic E-state index is 6.01. The molecule has 0 aromatic heterocycles. The van der Waals surface area contributed by atoms with Crippen molar-refractivity contribution < 1.29 is 4.74 Å². The Morgan fingerprint density at radius 2 is 1.86 bits per heavy atom. The number of nitrogens with zero attached hydrogens (tertiary/aromatic N) is 1. The largest absolute Gasteiger partial charge is 0.381 e. The molecule has 0 amide bonds. The zero-order valence-corrected chi connectivity index (χ0v) is 22.1. The summed E-state index contributed by atoms with van der Waals surface area (Å²) in [5, 5.41) is 0.774. The molecule has 0 radical (unpaired) electrons. The molecule has 0 aromatic rings. The Bertz CT molecular complexity index is 674. The molecule has 4 aliphatic rings. The molecule has 1 saturated heterocycles. The Morgan fingerprint density at radius 1 is 1.21 bits per heavy atom. The predicted molar refractivity (Wildman–Crippen MR) is 129 cm³/mol. The van der Waals surface area contributed by atoms with Gasteiger partial charge in [-0.05, 0) is 81.2 Å². The van der Waals surface area contributed by atoms with E-state index < -0.39 is 8.24 Å². The van der Waals surface area contributed by atoms with Crippen LogP contribution in [0.1, 0.15) is 48.0 Å². The van der Waals surface area contributed by atoms with E-state index in [4.69, 9.17) is 4.74 Å². The number of hydrogen-bond acceptors (Lipinski definition) is 4. The number of thioether (sulfide) groups is 1. The van der Waals surface area contributed by atoms with Gasteiger partial charge in [-0.15, -0.1) is 11.8 Å². The molecule has 166 valence electrons. The lowest BCUT2D eigenvalue weighted by Crippen LogP contribution is -2.61. The number of likely N-dealkylation sites (tertiary alicyclic amines) is 1. The minimum atomic E-state index is -1.65. The number of fused-ring (bicyclic) bond motifs is 5. The van der Waals surface area contributed by atoms with Crippen molar-refractivity contribution in [1.29, 1.82) is 0 Å². The molecule has 0 bridgehead atoms. The van der Waals surface area contributed by atoms with Gasteiger partial charge >= 0.3 is 0 Å². The molecule has 3 nitrogen and oxygen atoms in total. The van der Waals surface area contributed by atoms with E-state index in [2.05, 4.69) is 89.4 Å². The van der Waals surface area contributed by atoms with Gasteiger partial charge in [-0.25, -0.2) is 0 Å². The van der Waals surface area contributed by atoms with Crippen molar-refractivity contribution in [2.75, 3.05) is 14.2 Å². The minimum Gasteiger partial charge on any atom is -0.381 e. The van der Waals surface area contributed by atoms with Gasteiger partial charge in [-0.1, -0.05) is 33.0 Å². The molecule has 0 spiro atoms. The molecule has 29 heavy (non-hydrogen) atoms. The Labute approximate surface area is 184 Å². The van der Waals surface area contributed by atoms with Crippen LogP contribution < -0.4 is 4.98 Å². The fourth-order valence-electron chi connectivity index (χ4n) is 8.46. The Kier molecular flexibility index (Phi) is 5.68. The van der Waals surface area contributed by atoms with Crippen molar-refractivity contribution in [3.8, 4) is 0 Å². The highest BCUT2D eigenvalue weighted by molar-refractivity contribution is 8.04. The summed E-state index contributed by atoms with van der Waals surface area (Å²) in [4.78, 5) is 8.59. The number of nitrogens with one attached hydrogen (secondary N) is 1. The van der Waals surface area contributed by atoms with E-state index >= 15 is 0 Å². The molecule has 2 heterocycles. The van der Waals surface area contributed by atoms with E-state index in [1.165, 1.54) is 6.42 Å². The fourth-order valence-corrected chi connectivity index (χ4v) is 15.5. The lowest BCUT2D eigenvalue weighted by molar-refractivity contribution is -0.0560. The van der Waals surface area contributed by atoms with E-state index in [0.717, 1.165) is 34.6 Å². The zero-order valence-electron chi connectivity index (χ0n) is 20.3. The summed E-state index contributed by atoms with van der Waals surface area (Å²) in [6.07, 6.45) is 4.41. The van der Waals surface area contributed by atoms with E-state index in [9.17, 15) is 0 Å². The topological polar surface area (TPSA) is 24.5 Å². The molecule has 2 saturated carbocycles. The lowest BCUT2D eigenvalue weighted by atomic mass is 9.66. The van der Waals surface area contributed by atoms with Crippen LogP contribution in [0.3, 0.4) is 0 Å². The smallest absolute Gasteiger partial charge is 0.125 e. The molecule has 0 aromatic carbocycles. The SMILES string of the molecule is COC1C(C)CC2C3C4C=C(C)SC4C([Si](C)(C)NC(C)(C)C)C3N(C)C2C1C. The van der Waals surface area contributed by atoms with Crippen LogP contribution in [0.15, 0.2) is 11.0 Å². The van der Waals surface area contributed by atoms with Gasteiger partial charge in [0.25, 0.3) is 0 Å². The number of hydrogen-bond donors (Lipinski definition) is 1. The van der Waals surface area contributed by atoms with Gasteiger partial charge in [0, 0.05) is 30.0 Å². The molecule has 10 unspecified atom stereocenters. The summed E-state index contributed by atoms with van der Waals surface area (Å²) in [6.45, 7) is 19.5. The molecule has 4 rings (SSSR count).